The van der Waals surface area contributed by atoms with E-state index in [1.165, 1.54) is 6.07 Å². The van der Waals surface area contributed by atoms with E-state index in [0.717, 1.165) is 12.1 Å². The zero-order chi connectivity index (χ0) is 16.0. The van der Waals surface area contributed by atoms with Crippen molar-refractivity contribution in [1.29, 1.82) is 5.26 Å². The highest BCUT2D eigenvalue weighted by atomic mass is 19.1. The summed E-state index contributed by atoms with van der Waals surface area (Å²) in [6.07, 6.45) is -0.513. The number of primary amides is 1. The van der Waals surface area contributed by atoms with Crippen molar-refractivity contribution in [1.82, 2.24) is 5.32 Å². The Morgan fingerprint density at radius 1 is 1.38 bits per heavy atom. The van der Waals surface area contributed by atoms with Gasteiger partial charge in [0.15, 0.2) is 0 Å². The van der Waals surface area contributed by atoms with Gasteiger partial charge in [0.25, 0.3) is 0 Å². The molecule has 1 rings (SSSR count). The van der Waals surface area contributed by atoms with Crippen LogP contribution in [0.4, 0.5) is 8.78 Å². The van der Waals surface area contributed by atoms with Crippen LogP contribution in [0.15, 0.2) is 18.2 Å². The van der Waals surface area contributed by atoms with Crippen LogP contribution in [0.3, 0.4) is 0 Å². The van der Waals surface area contributed by atoms with Crippen molar-refractivity contribution in [3.63, 3.8) is 0 Å². The highest BCUT2D eigenvalue weighted by molar-refractivity contribution is 5.87. The smallest absolute Gasteiger partial charge is 0.240 e. The monoisotopic (exact) mass is 295 g/mol. The first-order chi connectivity index (χ1) is 9.85. The van der Waals surface area contributed by atoms with Crippen LogP contribution in [0.2, 0.25) is 0 Å². The average molecular weight is 295 g/mol. The van der Waals surface area contributed by atoms with E-state index in [1.807, 2.05) is 6.07 Å². The summed E-state index contributed by atoms with van der Waals surface area (Å²) < 4.78 is 26.8. The van der Waals surface area contributed by atoms with Gasteiger partial charge in [-0.1, -0.05) is 6.07 Å². The van der Waals surface area contributed by atoms with E-state index in [-0.39, 0.29) is 12.0 Å². The predicted octanol–water partition coefficient (Wildman–Crippen LogP) is 1.03. The van der Waals surface area contributed by atoms with E-state index in [2.05, 4.69) is 5.32 Å². The Morgan fingerprint density at radius 2 is 1.95 bits per heavy atom. The molecule has 0 radical (unpaired) electrons. The number of hydrogen-bond acceptors (Lipinski definition) is 3. The maximum absolute atomic E-state index is 13.4. The Hall–Kier alpha value is -2.49. The fourth-order valence-corrected chi connectivity index (χ4v) is 1.76. The molecular formula is C14H15F2N3O2. The van der Waals surface area contributed by atoms with Gasteiger partial charge in [-0.2, -0.15) is 5.26 Å². The van der Waals surface area contributed by atoms with Crippen molar-refractivity contribution in [3.8, 4) is 6.07 Å². The quantitative estimate of drug-likeness (QED) is 0.820. The molecule has 112 valence electrons. The molecule has 0 saturated carbocycles. The molecule has 0 aliphatic heterocycles. The third-order valence-electron chi connectivity index (χ3n) is 2.89. The lowest BCUT2D eigenvalue weighted by atomic mass is 10.0. The van der Waals surface area contributed by atoms with Crippen LogP contribution in [0.25, 0.3) is 0 Å². The number of amides is 2. The third kappa shape index (κ3) is 4.84. The van der Waals surface area contributed by atoms with Gasteiger partial charge in [0, 0.05) is 11.5 Å². The molecule has 21 heavy (non-hydrogen) atoms. The van der Waals surface area contributed by atoms with Gasteiger partial charge in [-0.15, -0.1) is 0 Å². The van der Waals surface area contributed by atoms with Gasteiger partial charge in [0.2, 0.25) is 11.8 Å². The standard InChI is InChI=1S/C14H15F2N3O2/c1-8(7-17)5-12(14(18)21)19-13(20)6-9-10(15)3-2-4-11(9)16/h2-4,8,12H,5-6H2,1H3,(H2,18,21)(H,19,20)/t8-,12+/m0/s1. The summed E-state index contributed by atoms with van der Waals surface area (Å²) in [6.45, 7) is 1.57. The minimum absolute atomic E-state index is 0.0390. The topological polar surface area (TPSA) is 96.0 Å². The van der Waals surface area contributed by atoms with Gasteiger partial charge in [0.05, 0.1) is 12.5 Å². The van der Waals surface area contributed by atoms with Crippen molar-refractivity contribution in [2.24, 2.45) is 11.7 Å². The Morgan fingerprint density at radius 3 is 2.43 bits per heavy atom. The second-order valence-electron chi connectivity index (χ2n) is 4.67. The van der Waals surface area contributed by atoms with Crippen molar-refractivity contribution < 1.29 is 18.4 Å². The Balaban J connectivity index is 2.75. The second-order valence-corrected chi connectivity index (χ2v) is 4.67. The van der Waals surface area contributed by atoms with Crippen molar-refractivity contribution in [2.75, 3.05) is 0 Å². The molecule has 1 aromatic rings. The summed E-state index contributed by atoms with van der Waals surface area (Å²) in [6, 6.07) is 4.12. The van der Waals surface area contributed by atoms with Crippen LogP contribution in [-0.2, 0) is 16.0 Å². The number of nitrogens with two attached hydrogens (primary N) is 1. The van der Waals surface area contributed by atoms with Crippen molar-refractivity contribution >= 4 is 11.8 Å². The third-order valence-corrected chi connectivity index (χ3v) is 2.89. The summed E-state index contributed by atoms with van der Waals surface area (Å²) in [5.41, 5.74) is 4.75. The number of nitrogens with one attached hydrogen (secondary N) is 1. The molecule has 0 heterocycles. The number of benzene rings is 1. The van der Waals surface area contributed by atoms with E-state index in [9.17, 15) is 18.4 Å². The van der Waals surface area contributed by atoms with Gasteiger partial charge < -0.3 is 11.1 Å². The van der Waals surface area contributed by atoms with Gasteiger partial charge >= 0.3 is 0 Å². The fourth-order valence-electron chi connectivity index (χ4n) is 1.76. The van der Waals surface area contributed by atoms with Crippen molar-refractivity contribution in [3.05, 3.63) is 35.4 Å². The molecule has 0 bridgehead atoms. The van der Waals surface area contributed by atoms with E-state index in [4.69, 9.17) is 11.0 Å². The first-order valence-corrected chi connectivity index (χ1v) is 6.26. The number of hydrogen-bond donors (Lipinski definition) is 2. The molecule has 0 aliphatic rings. The minimum Gasteiger partial charge on any atom is -0.368 e. The number of nitriles is 1. The lowest BCUT2D eigenvalue weighted by Crippen LogP contribution is -2.45. The zero-order valence-corrected chi connectivity index (χ0v) is 11.4. The Kier molecular flexibility index (Phi) is 5.79. The molecule has 0 spiro atoms. The fraction of sp³-hybridized carbons (Fsp3) is 0.357. The number of nitrogens with zero attached hydrogens (tertiary/aromatic N) is 1. The van der Waals surface area contributed by atoms with Crippen LogP contribution in [-0.4, -0.2) is 17.9 Å². The molecular weight excluding hydrogens is 280 g/mol. The van der Waals surface area contributed by atoms with E-state index in [1.54, 1.807) is 6.92 Å². The molecule has 0 saturated heterocycles. The summed E-state index contributed by atoms with van der Waals surface area (Å²) in [4.78, 5) is 23.0. The van der Waals surface area contributed by atoms with Crippen LogP contribution in [0.5, 0.6) is 0 Å². The first kappa shape index (κ1) is 16.6. The van der Waals surface area contributed by atoms with E-state index in [0.29, 0.717) is 0 Å². The van der Waals surface area contributed by atoms with E-state index >= 15 is 0 Å². The molecule has 7 heteroatoms. The molecule has 3 N–H and O–H groups in total. The van der Waals surface area contributed by atoms with Crippen molar-refractivity contribution in [2.45, 2.75) is 25.8 Å². The van der Waals surface area contributed by atoms with Gasteiger partial charge in [-0.25, -0.2) is 8.78 Å². The molecule has 2 atom stereocenters. The second kappa shape index (κ2) is 7.33. The minimum atomic E-state index is -1.05. The average Bonchev–Trinajstić information content (AvgIpc) is 2.42. The molecule has 0 unspecified atom stereocenters. The number of halogens is 2. The molecule has 0 fully saturated rings. The number of rotatable bonds is 6. The summed E-state index contributed by atoms with van der Waals surface area (Å²) >= 11 is 0. The highest BCUT2D eigenvalue weighted by Gasteiger charge is 2.22. The molecule has 5 nitrogen and oxygen atoms in total. The zero-order valence-electron chi connectivity index (χ0n) is 11.4. The molecule has 1 aromatic carbocycles. The molecule has 0 aromatic heterocycles. The van der Waals surface area contributed by atoms with Crippen LogP contribution < -0.4 is 11.1 Å². The number of carbonyl (C=O) groups excluding carboxylic acids is 2. The van der Waals surface area contributed by atoms with Crippen LogP contribution in [0, 0.1) is 28.9 Å². The van der Waals surface area contributed by atoms with E-state index < -0.39 is 41.8 Å². The van der Waals surface area contributed by atoms with Crippen LogP contribution in [0.1, 0.15) is 18.9 Å². The highest BCUT2D eigenvalue weighted by Crippen LogP contribution is 2.13. The molecule has 2 amide bonds. The SMILES string of the molecule is C[C@H](C#N)C[C@@H](NC(=O)Cc1c(F)cccc1F)C(N)=O. The van der Waals surface area contributed by atoms with Crippen LogP contribution >= 0.6 is 0 Å². The lowest BCUT2D eigenvalue weighted by Gasteiger charge is -2.16. The number of carbonyl (C=O) groups is 2. The lowest BCUT2D eigenvalue weighted by molar-refractivity contribution is -0.127. The maximum atomic E-state index is 13.4. The summed E-state index contributed by atoms with van der Waals surface area (Å²) in [5, 5.41) is 11.0. The van der Waals surface area contributed by atoms with Gasteiger partial charge in [0.1, 0.15) is 17.7 Å². The predicted molar refractivity (Wildman–Crippen MR) is 70.6 cm³/mol. The molecule has 0 aliphatic carbocycles. The summed E-state index contributed by atoms with van der Waals surface area (Å²) in [7, 11) is 0. The largest absolute Gasteiger partial charge is 0.368 e. The van der Waals surface area contributed by atoms with Gasteiger partial charge in [-0.3, -0.25) is 9.59 Å². The Labute approximate surface area is 120 Å². The Bertz CT molecular complexity index is 564. The maximum Gasteiger partial charge on any atom is 0.240 e. The first-order valence-electron chi connectivity index (χ1n) is 6.26. The normalized spacial score (nSPS) is 13.0. The summed E-state index contributed by atoms with van der Waals surface area (Å²) in [5.74, 6) is -3.72. The van der Waals surface area contributed by atoms with Gasteiger partial charge in [-0.05, 0) is 25.5 Å².